The fourth-order valence-electron chi connectivity index (χ4n) is 3.76. The molecule has 1 aliphatic rings. The first-order chi connectivity index (χ1) is 14.7. The minimum absolute atomic E-state index is 0.0578. The molecule has 0 spiro atoms. The second-order valence-corrected chi connectivity index (χ2v) is 8.41. The van der Waals surface area contributed by atoms with Gasteiger partial charge in [0.1, 0.15) is 11.7 Å². The Bertz CT molecular complexity index is 962. The number of aliphatic hydroxyl groups excluding tert-OH is 1. The lowest BCUT2D eigenvalue weighted by Gasteiger charge is -2.37. The SMILES string of the molecule is CC(=O)N(C)C[C@@H]1Oc2ncc(-c3ccccc3C)cc2C(=O)N([C@H](C)CO)C[C@H]1C. The highest BCUT2D eigenvalue weighted by Crippen LogP contribution is 2.31. The second-order valence-electron chi connectivity index (χ2n) is 8.41. The minimum Gasteiger partial charge on any atom is -0.472 e. The van der Waals surface area contributed by atoms with Crippen LogP contribution < -0.4 is 4.74 Å². The van der Waals surface area contributed by atoms with Gasteiger partial charge in [-0.3, -0.25) is 9.59 Å². The highest BCUT2D eigenvalue weighted by molar-refractivity contribution is 5.98. The number of likely N-dealkylation sites (N-methyl/N-ethyl adjacent to an activating group) is 1. The number of amides is 2. The molecule has 166 valence electrons. The van der Waals surface area contributed by atoms with E-state index in [2.05, 4.69) is 4.98 Å². The first-order valence-electron chi connectivity index (χ1n) is 10.6. The first kappa shape index (κ1) is 22.7. The van der Waals surface area contributed by atoms with Gasteiger partial charge in [0.2, 0.25) is 11.8 Å². The molecule has 0 saturated heterocycles. The normalized spacial score (nSPS) is 19.7. The predicted molar refractivity (Wildman–Crippen MR) is 119 cm³/mol. The van der Waals surface area contributed by atoms with Crippen LogP contribution in [0.4, 0.5) is 0 Å². The third kappa shape index (κ3) is 4.88. The van der Waals surface area contributed by atoms with Crippen molar-refractivity contribution in [2.75, 3.05) is 26.7 Å². The topological polar surface area (TPSA) is 83.0 Å². The van der Waals surface area contributed by atoms with Crippen LogP contribution >= 0.6 is 0 Å². The Morgan fingerprint density at radius 3 is 2.71 bits per heavy atom. The van der Waals surface area contributed by atoms with Crippen molar-refractivity contribution >= 4 is 11.8 Å². The molecule has 3 atom stereocenters. The van der Waals surface area contributed by atoms with E-state index < -0.39 is 0 Å². The zero-order chi connectivity index (χ0) is 22.7. The van der Waals surface area contributed by atoms with Crippen LogP contribution in [0.15, 0.2) is 36.5 Å². The van der Waals surface area contributed by atoms with E-state index in [1.807, 2.05) is 51.1 Å². The van der Waals surface area contributed by atoms with Crippen molar-refractivity contribution in [2.24, 2.45) is 5.92 Å². The highest BCUT2D eigenvalue weighted by atomic mass is 16.5. The molecular weight excluding hydrogens is 394 g/mol. The number of aliphatic hydroxyl groups is 1. The maximum absolute atomic E-state index is 13.5. The number of rotatable bonds is 5. The summed E-state index contributed by atoms with van der Waals surface area (Å²) in [5.41, 5.74) is 3.27. The summed E-state index contributed by atoms with van der Waals surface area (Å²) in [6, 6.07) is 9.39. The van der Waals surface area contributed by atoms with Crippen LogP contribution in [0, 0.1) is 12.8 Å². The van der Waals surface area contributed by atoms with Gasteiger partial charge >= 0.3 is 0 Å². The summed E-state index contributed by atoms with van der Waals surface area (Å²) in [6.45, 7) is 7.98. The molecule has 0 aliphatic carbocycles. The van der Waals surface area contributed by atoms with Crippen molar-refractivity contribution in [3.05, 3.63) is 47.7 Å². The Hall–Kier alpha value is -2.93. The fraction of sp³-hybridized carbons (Fsp3) is 0.458. The highest BCUT2D eigenvalue weighted by Gasteiger charge is 2.34. The van der Waals surface area contributed by atoms with Crippen molar-refractivity contribution in [1.29, 1.82) is 0 Å². The van der Waals surface area contributed by atoms with Crippen LogP contribution in [0.1, 0.15) is 36.7 Å². The molecule has 3 rings (SSSR count). The monoisotopic (exact) mass is 425 g/mol. The summed E-state index contributed by atoms with van der Waals surface area (Å²) in [7, 11) is 1.73. The van der Waals surface area contributed by atoms with Crippen LogP contribution in [0.25, 0.3) is 11.1 Å². The van der Waals surface area contributed by atoms with E-state index in [0.29, 0.717) is 18.7 Å². The van der Waals surface area contributed by atoms with Crippen molar-refractivity contribution in [3.8, 4) is 17.0 Å². The smallest absolute Gasteiger partial charge is 0.259 e. The average Bonchev–Trinajstić information content (AvgIpc) is 2.75. The summed E-state index contributed by atoms with van der Waals surface area (Å²) in [5, 5.41) is 9.76. The van der Waals surface area contributed by atoms with E-state index in [-0.39, 0.29) is 42.4 Å². The van der Waals surface area contributed by atoms with Gasteiger partial charge in [0, 0.05) is 38.2 Å². The third-order valence-corrected chi connectivity index (χ3v) is 5.97. The molecule has 1 aromatic heterocycles. The van der Waals surface area contributed by atoms with Gasteiger partial charge in [-0.25, -0.2) is 4.98 Å². The largest absolute Gasteiger partial charge is 0.472 e. The number of pyridine rings is 1. The summed E-state index contributed by atoms with van der Waals surface area (Å²) >= 11 is 0. The Morgan fingerprint density at radius 2 is 2.06 bits per heavy atom. The summed E-state index contributed by atoms with van der Waals surface area (Å²) in [6.07, 6.45) is 1.37. The summed E-state index contributed by atoms with van der Waals surface area (Å²) < 4.78 is 6.21. The lowest BCUT2D eigenvalue weighted by Crippen LogP contribution is -2.50. The standard InChI is InChI=1S/C24H31N3O4/c1-15-8-6-7-9-20(15)19-10-21-23(25-11-19)31-22(13-26(5)18(4)29)16(2)12-27(24(21)30)17(3)14-28/h6-11,16-17,22,28H,12-14H2,1-5H3/t16-,17-,22+/m1/s1. The third-order valence-electron chi connectivity index (χ3n) is 5.97. The van der Waals surface area contributed by atoms with Crippen LogP contribution in [0.2, 0.25) is 0 Å². The number of hydrogen-bond acceptors (Lipinski definition) is 5. The zero-order valence-electron chi connectivity index (χ0n) is 18.8. The quantitative estimate of drug-likeness (QED) is 0.797. The lowest BCUT2D eigenvalue weighted by molar-refractivity contribution is -0.129. The molecule has 0 saturated carbocycles. The molecular formula is C24H31N3O4. The lowest BCUT2D eigenvalue weighted by atomic mass is 9.98. The maximum Gasteiger partial charge on any atom is 0.259 e. The Morgan fingerprint density at radius 1 is 1.35 bits per heavy atom. The number of carbonyl (C=O) groups excluding carboxylic acids is 2. The van der Waals surface area contributed by atoms with Crippen molar-refractivity contribution in [1.82, 2.24) is 14.8 Å². The molecule has 0 unspecified atom stereocenters. The van der Waals surface area contributed by atoms with Gasteiger partial charge in [-0.05, 0) is 31.0 Å². The number of fused-ring (bicyclic) bond motifs is 1. The number of aryl methyl sites for hydroxylation is 1. The average molecular weight is 426 g/mol. The van der Waals surface area contributed by atoms with Crippen LogP contribution in [0.3, 0.4) is 0 Å². The maximum atomic E-state index is 13.5. The molecule has 0 fully saturated rings. The zero-order valence-corrected chi connectivity index (χ0v) is 18.8. The van der Waals surface area contributed by atoms with Crippen LogP contribution in [-0.2, 0) is 4.79 Å². The molecule has 7 heteroatoms. The van der Waals surface area contributed by atoms with Crippen LogP contribution in [0.5, 0.6) is 5.88 Å². The molecule has 1 aliphatic heterocycles. The number of ether oxygens (including phenoxy) is 1. The predicted octanol–water partition coefficient (Wildman–Crippen LogP) is 2.76. The first-order valence-corrected chi connectivity index (χ1v) is 10.6. The van der Waals surface area contributed by atoms with Gasteiger partial charge in [0.25, 0.3) is 5.91 Å². The minimum atomic E-state index is -0.353. The van der Waals surface area contributed by atoms with Crippen LogP contribution in [-0.4, -0.2) is 70.6 Å². The van der Waals surface area contributed by atoms with Gasteiger partial charge in [-0.1, -0.05) is 31.2 Å². The molecule has 2 heterocycles. The number of carbonyl (C=O) groups is 2. The van der Waals surface area contributed by atoms with Crippen molar-refractivity contribution < 1.29 is 19.4 Å². The van der Waals surface area contributed by atoms with Gasteiger partial charge < -0.3 is 19.6 Å². The Balaban J connectivity index is 2.07. The number of aromatic nitrogens is 1. The van der Waals surface area contributed by atoms with E-state index in [0.717, 1.165) is 16.7 Å². The van der Waals surface area contributed by atoms with Crippen molar-refractivity contribution in [2.45, 2.75) is 39.8 Å². The van der Waals surface area contributed by atoms with E-state index in [1.54, 1.807) is 23.0 Å². The van der Waals surface area contributed by atoms with Gasteiger partial charge in [-0.15, -0.1) is 0 Å². The molecule has 1 N–H and O–H groups in total. The van der Waals surface area contributed by atoms with E-state index >= 15 is 0 Å². The molecule has 1 aromatic carbocycles. The number of nitrogens with zero attached hydrogens (tertiary/aromatic N) is 3. The van der Waals surface area contributed by atoms with E-state index in [9.17, 15) is 14.7 Å². The second kappa shape index (κ2) is 9.47. The molecule has 7 nitrogen and oxygen atoms in total. The molecule has 2 amide bonds. The Labute approximate surface area is 183 Å². The Kier molecular flexibility index (Phi) is 6.95. The van der Waals surface area contributed by atoms with E-state index in [1.165, 1.54) is 6.92 Å². The summed E-state index contributed by atoms with van der Waals surface area (Å²) in [5.74, 6) is -0.0842. The van der Waals surface area contributed by atoms with Gasteiger partial charge in [0.15, 0.2) is 0 Å². The van der Waals surface area contributed by atoms with Crippen molar-refractivity contribution in [3.63, 3.8) is 0 Å². The molecule has 31 heavy (non-hydrogen) atoms. The van der Waals surface area contributed by atoms with Gasteiger partial charge in [-0.2, -0.15) is 0 Å². The molecule has 0 radical (unpaired) electrons. The van der Waals surface area contributed by atoms with E-state index in [4.69, 9.17) is 4.74 Å². The molecule has 0 bridgehead atoms. The molecule has 2 aromatic rings. The summed E-state index contributed by atoms with van der Waals surface area (Å²) in [4.78, 5) is 33.0. The number of hydrogen-bond donors (Lipinski definition) is 1. The fourth-order valence-corrected chi connectivity index (χ4v) is 3.76. The van der Waals surface area contributed by atoms with Gasteiger partial charge in [0.05, 0.1) is 19.2 Å². The number of benzene rings is 1.